The number of hydrogen-bond acceptors (Lipinski definition) is 7. The zero-order valence-electron chi connectivity index (χ0n) is 23.3. The molecule has 0 aromatic heterocycles. The molecule has 0 bridgehead atoms. The maximum Gasteiger partial charge on any atom is 0.335 e. The van der Waals surface area contributed by atoms with Crippen LogP contribution in [0.3, 0.4) is 0 Å². The molecule has 2 unspecified atom stereocenters. The third-order valence-electron chi connectivity index (χ3n) is 7.65. The molecule has 1 aliphatic carbocycles. The second-order valence-electron chi connectivity index (χ2n) is 10.5. The van der Waals surface area contributed by atoms with Crippen LogP contribution >= 0.6 is 11.6 Å². The Balaban J connectivity index is 0.000000397. The molecule has 0 radical (unpaired) electrons. The molecule has 1 heterocycles. The highest BCUT2D eigenvalue weighted by Gasteiger charge is 2.29. The summed E-state index contributed by atoms with van der Waals surface area (Å²) < 4.78 is 0. The topological polar surface area (TPSA) is 159 Å². The minimum Gasteiger partial charge on any atom is -0.479 e. The van der Waals surface area contributed by atoms with Crippen molar-refractivity contribution in [1.29, 1.82) is 0 Å². The zero-order chi connectivity index (χ0) is 29.9. The van der Waals surface area contributed by atoms with Gasteiger partial charge in [-0.3, -0.25) is 4.79 Å². The number of benzene rings is 2. The van der Waals surface area contributed by atoms with Crippen molar-refractivity contribution in [2.24, 2.45) is 0 Å². The first-order chi connectivity index (χ1) is 19.6. The first-order valence-corrected chi connectivity index (χ1v) is 14.4. The van der Waals surface area contributed by atoms with Crippen LogP contribution in [0.15, 0.2) is 36.4 Å². The number of likely N-dealkylation sites (N-methyl/N-ethyl adjacent to an activating group) is 1. The van der Waals surface area contributed by atoms with Crippen molar-refractivity contribution in [2.75, 3.05) is 25.5 Å². The Hall–Kier alpha value is -3.18. The summed E-state index contributed by atoms with van der Waals surface area (Å²) in [7, 11) is 1.97. The van der Waals surface area contributed by atoms with E-state index in [1.165, 1.54) is 36.0 Å². The molecule has 1 amide bonds. The van der Waals surface area contributed by atoms with Gasteiger partial charge in [0.05, 0.1) is 17.1 Å². The van der Waals surface area contributed by atoms with Crippen LogP contribution in [0.5, 0.6) is 0 Å². The van der Waals surface area contributed by atoms with Crippen LogP contribution in [0, 0.1) is 0 Å². The van der Waals surface area contributed by atoms with E-state index in [1.54, 1.807) is 0 Å². The summed E-state index contributed by atoms with van der Waals surface area (Å²) in [5, 5.41) is 40.3. The van der Waals surface area contributed by atoms with E-state index in [0.29, 0.717) is 12.5 Å². The smallest absolute Gasteiger partial charge is 0.335 e. The van der Waals surface area contributed by atoms with Crippen LogP contribution < -0.4 is 10.6 Å². The second-order valence-corrected chi connectivity index (χ2v) is 10.9. The Morgan fingerprint density at radius 3 is 2.12 bits per heavy atom. The number of aliphatic hydroxyl groups is 2. The van der Waals surface area contributed by atoms with Gasteiger partial charge in [-0.1, -0.05) is 61.2 Å². The van der Waals surface area contributed by atoms with E-state index in [1.807, 2.05) is 18.0 Å². The van der Waals surface area contributed by atoms with E-state index in [0.717, 1.165) is 61.6 Å². The molecule has 1 saturated carbocycles. The lowest BCUT2D eigenvalue weighted by molar-refractivity contribution is -0.165. The Bertz CT molecular complexity index is 1170. The average Bonchev–Trinajstić information content (AvgIpc) is 3.22. The number of aliphatic carboxylic acids is 2. The van der Waals surface area contributed by atoms with E-state index in [4.69, 9.17) is 32.0 Å². The monoisotopic (exact) mass is 589 g/mol. The fourth-order valence-electron chi connectivity index (χ4n) is 5.14. The number of carbonyl (C=O) groups is 3. The fourth-order valence-corrected chi connectivity index (χ4v) is 5.39. The minimum atomic E-state index is -2.27. The summed E-state index contributed by atoms with van der Waals surface area (Å²) in [5.74, 6) is -3.31. The van der Waals surface area contributed by atoms with Gasteiger partial charge in [0.2, 0.25) is 5.91 Å². The molecular formula is C30H40ClN3O7. The molecule has 1 fully saturated rings. The second kappa shape index (κ2) is 15.7. The van der Waals surface area contributed by atoms with Crippen LogP contribution in [0.2, 0.25) is 5.02 Å². The number of hydrogen-bond donors (Lipinski definition) is 6. The molecule has 4 rings (SSSR count). The van der Waals surface area contributed by atoms with Crippen LogP contribution in [0.25, 0.3) is 0 Å². The molecule has 2 aromatic rings. The van der Waals surface area contributed by atoms with E-state index < -0.39 is 24.1 Å². The Morgan fingerprint density at radius 1 is 0.927 bits per heavy atom. The number of carboxylic acids is 2. The Kier molecular flexibility index (Phi) is 12.4. The van der Waals surface area contributed by atoms with Crippen LogP contribution in [0.1, 0.15) is 54.4 Å². The summed E-state index contributed by atoms with van der Waals surface area (Å²) in [6, 6.07) is 13.0. The Labute approximate surface area is 245 Å². The minimum absolute atomic E-state index is 0.227. The number of rotatable bonds is 9. The molecule has 6 N–H and O–H groups in total. The van der Waals surface area contributed by atoms with Gasteiger partial charge in [0, 0.05) is 19.6 Å². The standard InChI is InChI=1S/C26H34ClN3O.C4H6O6/c1-30(22-5-3-2-4-6-22)25(31)17-19-7-9-20(10-8-19)18-29-26-23-14-16-28-15-13-21(23)11-12-24(26)27;5-1(3(7)8)2(6)4(9)10/h7-12,22,28-29H,2-6,13-18H2,1H3;1-2,5-6H,(H,7,8)(H,9,10). The van der Waals surface area contributed by atoms with E-state index in [9.17, 15) is 14.4 Å². The van der Waals surface area contributed by atoms with Crippen molar-refractivity contribution in [1.82, 2.24) is 10.2 Å². The van der Waals surface area contributed by atoms with Crippen LogP contribution in [-0.4, -0.2) is 81.6 Å². The molecule has 11 heteroatoms. The van der Waals surface area contributed by atoms with E-state index in [2.05, 4.69) is 41.0 Å². The molecule has 0 saturated heterocycles. The van der Waals surface area contributed by atoms with Gasteiger partial charge in [0.25, 0.3) is 0 Å². The molecule has 2 aliphatic rings. The molecule has 1 aliphatic heterocycles. The normalized spacial score (nSPS) is 16.7. The maximum absolute atomic E-state index is 12.7. The highest BCUT2D eigenvalue weighted by atomic mass is 35.5. The fraction of sp³-hybridized carbons (Fsp3) is 0.500. The van der Waals surface area contributed by atoms with Crippen molar-refractivity contribution >= 4 is 35.1 Å². The highest BCUT2D eigenvalue weighted by Crippen LogP contribution is 2.31. The van der Waals surface area contributed by atoms with Gasteiger partial charge in [0.1, 0.15) is 0 Å². The third kappa shape index (κ3) is 9.43. The summed E-state index contributed by atoms with van der Waals surface area (Å²) in [6.45, 7) is 2.73. The molecule has 10 nitrogen and oxygen atoms in total. The summed E-state index contributed by atoms with van der Waals surface area (Å²) >= 11 is 6.53. The van der Waals surface area contributed by atoms with Gasteiger partial charge in [-0.05, 0) is 67.1 Å². The number of halogens is 1. The number of aliphatic hydroxyl groups excluding tert-OH is 2. The summed E-state index contributed by atoms with van der Waals surface area (Å²) in [5.41, 5.74) is 6.06. The van der Waals surface area contributed by atoms with Crippen LogP contribution in [0.4, 0.5) is 5.69 Å². The van der Waals surface area contributed by atoms with Gasteiger partial charge in [-0.2, -0.15) is 0 Å². The van der Waals surface area contributed by atoms with Gasteiger partial charge in [-0.15, -0.1) is 0 Å². The summed E-state index contributed by atoms with van der Waals surface area (Å²) in [6.07, 6.45) is 4.07. The number of anilines is 1. The van der Waals surface area contributed by atoms with Crippen molar-refractivity contribution < 1.29 is 34.8 Å². The Morgan fingerprint density at radius 2 is 1.51 bits per heavy atom. The number of carbonyl (C=O) groups excluding carboxylic acids is 1. The average molecular weight is 590 g/mol. The first-order valence-electron chi connectivity index (χ1n) is 14.0. The zero-order valence-corrected chi connectivity index (χ0v) is 24.1. The third-order valence-corrected chi connectivity index (χ3v) is 7.97. The van der Waals surface area contributed by atoms with Crippen LogP contribution in [-0.2, 0) is 40.2 Å². The van der Waals surface area contributed by atoms with Gasteiger partial charge in [0.15, 0.2) is 12.2 Å². The molecule has 2 aromatic carbocycles. The first kappa shape index (κ1) is 32.3. The largest absolute Gasteiger partial charge is 0.479 e. The predicted octanol–water partition coefficient (Wildman–Crippen LogP) is 2.85. The van der Waals surface area contributed by atoms with Crippen molar-refractivity contribution in [3.63, 3.8) is 0 Å². The van der Waals surface area contributed by atoms with E-state index >= 15 is 0 Å². The number of carboxylic acid groups (broad SMARTS) is 2. The number of fused-ring (bicyclic) bond motifs is 1. The molecule has 41 heavy (non-hydrogen) atoms. The molecular weight excluding hydrogens is 550 g/mol. The quantitative estimate of drug-likeness (QED) is 0.258. The SMILES string of the molecule is CN(C(=O)Cc1ccc(CNc2c(Cl)ccc3c2CCNCC3)cc1)C1CCCCC1.O=C(O)C(O)C(O)C(=O)O. The molecule has 224 valence electrons. The van der Waals surface area contributed by atoms with Crippen molar-refractivity contribution in [2.45, 2.75) is 76.2 Å². The summed E-state index contributed by atoms with van der Waals surface area (Å²) in [4.78, 5) is 34.2. The lowest BCUT2D eigenvalue weighted by atomic mass is 9.94. The molecule has 2 atom stereocenters. The lowest BCUT2D eigenvalue weighted by Crippen LogP contribution is -2.39. The highest BCUT2D eigenvalue weighted by molar-refractivity contribution is 6.33. The van der Waals surface area contributed by atoms with Crippen molar-refractivity contribution in [3.8, 4) is 0 Å². The predicted molar refractivity (Wildman–Crippen MR) is 156 cm³/mol. The van der Waals surface area contributed by atoms with Gasteiger partial charge >= 0.3 is 11.9 Å². The van der Waals surface area contributed by atoms with Crippen molar-refractivity contribution in [3.05, 3.63) is 63.7 Å². The molecule has 0 spiro atoms. The number of nitrogens with zero attached hydrogens (tertiary/aromatic N) is 1. The lowest BCUT2D eigenvalue weighted by Gasteiger charge is -2.31. The van der Waals surface area contributed by atoms with Gasteiger partial charge < -0.3 is 36.0 Å². The maximum atomic E-state index is 12.7. The number of amides is 1. The van der Waals surface area contributed by atoms with Gasteiger partial charge in [-0.25, -0.2) is 9.59 Å². The van der Waals surface area contributed by atoms with E-state index in [-0.39, 0.29) is 5.91 Å². The number of nitrogens with one attached hydrogen (secondary N) is 2.